The first kappa shape index (κ1) is 16.2. The van der Waals surface area contributed by atoms with Crippen LogP contribution in [0.2, 0.25) is 0 Å². The second-order valence-corrected chi connectivity index (χ2v) is 5.51. The van der Waals surface area contributed by atoms with Gasteiger partial charge in [-0.3, -0.25) is 4.90 Å². The van der Waals surface area contributed by atoms with Gasteiger partial charge in [0.05, 0.1) is 0 Å². The third kappa shape index (κ3) is 5.25. The summed E-state index contributed by atoms with van der Waals surface area (Å²) in [5.41, 5.74) is 0.827. The van der Waals surface area contributed by atoms with E-state index in [1.807, 2.05) is 12.1 Å². The first-order chi connectivity index (χ1) is 10.2. The van der Waals surface area contributed by atoms with Crippen LogP contribution in [0.4, 0.5) is 8.78 Å². The van der Waals surface area contributed by atoms with Crippen molar-refractivity contribution in [1.82, 2.24) is 10.2 Å². The van der Waals surface area contributed by atoms with Crippen molar-refractivity contribution in [3.8, 4) is 5.75 Å². The second-order valence-electron chi connectivity index (χ2n) is 5.51. The lowest BCUT2D eigenvalue weighted by Gasteiger charge is -2.29. The standard InChI is InChI=1S/C16H24F2N2O/c1-2-20(11-13-7-9-19-10-8-13)12-14-5-3-4-6-15(14)21-16(17)18/h3-6,13,16,19H,2,7-12H2,1H3. The minimum atomic E-state index is -2.77. The first-order valence-corrected chi connectivity index (χ1v) is 7.64. The lowest BCUT2D eigenvalue weighted by molar-refractivity contribution is -0.0508. The quantitative estimate of drug-likeness (QED) is 0.837. The molecule has 1 aliphatic heterocycles. The molecule has 0 saturated carbocycles. The van der Waals surface area contributed by atoms with E-state index in [9.17, 15) is 8.78 Å². The van der Waals surface area contributed by atoms with Gasteiger partial charge in [-0.2, -0.15) is 8.78 Å². The zero-order chi connectivity index (χ0) is 15.1. The van der Waals surface area contributed by atoms with Gasteiger partial charge in [0.15, 0.2) is 0 Å². The molecule has 21 heavy (non-hydrogen) atoms. The lowest BCUT2D eigenvalue weighted by atomic mass is 9.97. The van der Waals surface area contributed by atoms with Gasteiger partial charge in [-0.15, -0.1) is 0 Å². The van der Waals surface area contributed by atoms with Crippen LogP contribution in [-0.2, 0) is 6.54 Å². The van der Waals surface area contributed by atoms with Gasteiger partial charge < -0.3 is 10.1 Å². The topological polar surface area (TPSA) is 24.5 Å². The van der Waals surface area contributed by atoms with Gasteiger partial charge in [-0.25, -0.2) is 0 Å². The summed E-state index contributed by atoms with van der Waals surface area (Å²) in [4.78, 5) is 2.31. The molecule has 1 aromatic carbocycles. The maximum absolute atomic E-state index is 12.4. The molecular formula is C16H24F2N2O. The Bertz CT molecular complexity index is 422. The zero-order valence-electron chi connectivity index (χ0n) is 12.5. The molecule has 1 aliphatic rings. The maximum atomic E-state index is 12.4. The Morgan fingerprint density at radius 1 is 1.29 bits per heavy atom. The van der Waals surface area contributed by atoms with Gasteiger partial charge >= 0.3 is 6.61 Å². The molecule has 0 aromatic heterocycles. The van der Waals surface area contributed by atoms with Crippen LogP contribution in [-0.4, -0.2) is 37.7 Å². The van der Waals surface area contributed by atoms with Gasteiger partial charge in [-0.1, -0.05) is 25.1 Å². The number of alkyl halides is 2. The summed E-state index contributed by atoms with van der Waals surface area (Å²) in [6.07, 6.45) is 2.37. The Kier molecular flexibility index (Phi) is 6.39. The number of halogens is 2. The first-order valence-electron chi connectivity index (χ1n) is 7.64. The van der Waals surface area contributed by atoms with Crippen LogP contribution in [0, 0.1) is 5.92 Å². The molecule has 0 radical (unpaired) electrons. The number of hydrogen-bond donors (Lipinski definition) is 1. The van der Waals surface area contributed by atoms with E-state index >= 15 is 0 Å². The van der Waals surface area contributed by atoms with Crippen LogP contribution in [0.15, 0.2) is 24.3 Å². The minimum absolute atomic E-state index is 0.288. The van der Waals surface area contributed by atoms with Crippen molar-refractivity contribution in [3.05, 3.63) is 29.8 Å². The summed E-state index contributed by atoms with van der Waals surface area (Å²) in [7, 11) is 0. The van der Waals surface area contributed by atoms with Crippen molar-refractivity contribution in [2.24, 2.45) is 5.92 Å². The van der Waals surface area contributed by atoms with E-state index in [1.54, 1.807) is 12.1 Å². The highest BCUT2D eigenvalue weighted by Crippen LogP contribution is 2.23. The van der Waals surface area contributed by atoms with Crippen molar-refractivity contribution in [2.45, 2.75) is 32.9 Å². The number of nitrogens with zero attached hydrogens (tertiary/aromatic N) is 1. The molecular weight excluding hydrogens is 274 g/mol. The molecule has 0 unspecified atom stereocenters. The molecule has 0 aliphatic carbocycles. The van der Waals surface area contributed by atoms with Crippen molar-refractivity contribution in [2.75, 3.05) is 26.2 Å². The third-order valence-corrected chi connectivity index (χ3v) is 4.00. The molecule has 0 amide bonds. The van der Waals surface area contributed by atoms with Crippen LogP contribution in [0.5, 0.6) is 5.75 Å². The molecule has 1 aromatic rings. The molecule has 1 N–H and O–H groups in total. The van der Waals surface area contributed by atoms with Crippen LogP contribution in [0.1, 0.15) is 25.3 Å². The molecule has 2 rings (SSSR count). The van der Waals surface area contributed by atoms with Crippen LogP contribution in [0.25, 0.3) is 0 Å². The summed E-state index contributed by atoms with van der Waals surface area (Å²) in [6.45, 7) is 4.07. The molecule has 5 heteroatoms. The Morgan fingerprint density at radius 3 is 2.67 bits per heavy atom. The summed E-state index contributed by atoms with van der Waals surface area (Å²) in [6, 6.07) is 7.07. The van der Waals surface area contributed by atoms with Crippen LogP contribution >= 0.6 is 0 Å². The van der Waals surface area contributed by atoms with Gasteiger partial charge in [0.2, 0.25) is 0 Å². The molecule has 1 heterocycles. The highest BCUT2D eigenvalue weighted by atomic mass is 19.3. The number of hydrogen-bond acceptors (Lipinski definition) is 3. The Morgan fingerprint density at radius 2 is 2.00 bits per heavy atom. The van der Waals surface area contributed by atoms with Crippen molar-refractivity contribution in [1.29, 1.82) is 0 Å². The highest BCUT2D eigenvalue weighted by Gasteiger charge is 2.18. The molecule has 0 spiro atoms. The number of piperidine rings is 1. The van der Waals surface area contributed by atoms with Crippen molar-refractivity contribution in [3.63, 3.8) is 0 Å². The average molecular weight is 298 g/mol. The van der Waals surface area contributed by atoms with Gasteiger partial charge in [0.25, 0.3) is 0 Å². The zero-order valence-corrected chi connectivity index (χ0v) is 12.5. The summed E-state index contributed by atoms with van der Waals surface area (Å²) < 4.78 is 29.5. The van der Waals surface area contributed by atoms with Crippen molar-refractivity contribution < 1.29 is 13.5 Å². The Balaban J connectivity index is 1.97. The fourth-order valence-corrected chi connectivity index (χ4v) is 2.82. The van der Waals surface area contributed by atoms with Gasteiger partial charge in [-0.05, 0) is 44.5 Å². The predicted octanol–water partition coefficient (Wildman–Crippen LogP) is 3.11. The summed E-state index contributed by atoms with van der Waals surface area (Å²) in [5.74, 6) is 0.977. The minimum Gasteiger partial charge on any atom is -0.434 e. The lowest BCUT2D eigenvalue weighted by Crippen LogP contribution is -2.36. The summed E-state index contributed by atoms with van der Waals surface area (Å²) in [5, 5.41) is 3.36. The van der Waals surface area contributed by atoms with E-state index in [4.69, 9.17) is 0 Å². The summed E-state index contributed by atoms with van der Waals surface area (Å²) >= 11 is 0. The average Bonchev–Trinajstić information content (AvgIpc) is 2.49. The normalized spacial score (nSPS) is 16.6. The second kappa shape index (κ2) is 8.29. The fraction of sp³-hybridized carbons (Fsp3) is 0.625. The van der Waals surface area contributed by atoms with E-state index in [2.05, 4.69) is 21.9 Å². The van der Waals surface area contributed by atoms with E-state index < -0.39 is 6.61 Å². The third-order valence-electron chi connectivity index (χ3n) is 4.00. The largest absolute Gasteiger partial charge is 0.434 e. The maximum Gasteiger partial charge on any atom is 0.387 e. The van der Waals surface area contributed by atoms with E-state index in [-0.39, 0.29) is 5.75 Å². The number of nitrogens with one attached hydrogen (secondary N) is 1. The van der Waals surface area contributed by atoms with Gasteiger partial charge in [0.1, 0.15) is 5.75 Å². The molecule has 118 valence electrons. The number of ether oxygens (including phenoxy) is 1. The van der Waals surface area contributed by atoms with E-state index in [0.717, 1.165) is 31.7 Å². The van der Waals surface area contributed by atoms with Crippen LogP contribution in [0.3, 0.4) is 0 Å². The van der Waals surface area contributed by atoms with E-state index in [1.165, 1.54) is 12.8 Å². The monoisotopic (exact) mass is 298 g/mol. The predicted molar refractivity (Wildman–Crippen MR) is 79.6 cm³/mol. The Labute approximate surface area is 125 Å². The van der Waals surface area contributed by atoms with Crippen LogP contribution < -0.4 is 10.1 Å². The molecule has 1 fully saturated rings. The number of benzene rings is 1. The number of para-hydroxylation sites is 1. The molecule has 3 nitrogen and oxygen atoms in total. The smallest absolute Gasteiger partial charge is 0.387 e. The number of rotatable bonds is 7. The van der Waals surface area contributed by atoms with Crippen molar-refractivity contribution >= 4 is 0 Å². The molecule has 1 saturated heterocycles. The van der Waals surface area contributed by atoms with Gasteiger partial charge in [0, 0.05) is 18.7 Å². The fourth-order valence-electron chi connectivity index (χ4n) is 2.82. The Hall–Kier alpha value is -1.20. The van der Waals surface area contributed by atoms with E-state index in [0.29, 0.717) is 12.5 Å². The highest BCUT2D eigenvalue weighted by molar-refractivity contribution is 5.33. The SMILES string of the molecule is CCN(Cc1ccccc1OC(F)F)CC1CCNCC1. The molecule has 0 atom stereocenters. The molecule has 0 bridgehead atoms.